The van der Waals surface area contributed by atoms with Crippen LogP contribution in [0, 0.1) is 19.7 Å². The Morgan fingerprint density at radius 3 is 2.38 bits per heavy atom. The molecule has 3 rings (SSSR count). The molecule has 0 saturated carbocycles. The Hall–Kier alpha value is -3.28. The molecule has 0 radical (unpaired) electrons. The fourth-order valence-corrected chi connectivity index (χ4v) is 2.47. The third kappa shape index (κ3) is 4.42. The van der Waals surface area contributed by atoms with Gasteiger partial charge in [0.15, 0.2) is 0 Å². The molecule has 0 saturated heterocycles. The van der Waals surface area contributed by atoms with Crippen molar-refractivity contribution in [3.05, 3.63) is 82.9 Å². The standard InChI is InChI=1S/C20H19FN4O/c1-13-3-8-18(14(2)9-13)25-20-23-11-16(12-24-20)19(26)22-10-15-4-6-17(21)7-5-15/h3-9,11-12H,10H2,1-2H3,(H,22,26)(H,23,24,25). The van der Waals surface area contributed by atoms with Crippen LogP contribution in [0.1, 0.15) is 27.0 Å². The Morgan fingerprint density at radius 1 is 1.04 bits per heavy atom. The molecule has 5 nitrogen and oxygen atoms in total. The third-order valence-corrected chi connectivity index (χ3v) is 3.91. The summed E-state index contributed by atoms with van der Waals surface area (Å²) >= 11 is 0. The van der Waals surface area contributed by atoms with Crippen LogP contribution in [0.15, 0.2) is 54.9 Å². The maximum Gasteiger partial charge on any atom is 0.254 e. The highest BCUT2D eigenvalue weighted by Gasteiger charge is 2.08. The molecule has 2 N–H and O–H groups in total. The molecule has 1 heterocycles. The lowest BCUT2D eigenvalue weighted by molar-refractivity contribution is 0.0950. The van der Waals surface area contributed by atoms with Crippen molar-refractivity contribution in [1.29, 1.82) is 0 Å². The number of halogens is 1. The SMILES string of the molecule is Cc1ccc(Nc2ncc(C(=O)NCc3ccc(F)cc3)cn2)c(C)c1. The molecule has 2 aromatic carbocycles. The van der Waals surface area contributed by atoms with Crippen molar-refractivity contribution < 1.29 is 9.18 Å². The van der Waals surface area contributed by atoms with Crippen molar-refractivity contribution >= 4 is 17.5 Å². The predicted molar refractivity (Wildman–Crippen MR) is 98.8 cm³/mol. The van der Waals surface area contributed by atoms with E-state index in [0.29, 0.717) is 18.1 Å². The molecule has 0 atom stereocenters. The van der Waals surface area contributed by atoms with E-state index in [2.05, 4.69) is 26.7 Å². The number of benzene rings is 2. The van der Waals surface area contributed by atoms with Crippen LogP contribution in [0.4, 0.5) is 16.0 Å². The zero-order valence-corrected chi connectivity index (χ0v) is 14.6. The number of hydrogen-bond acceptors (Lipinski definition) is 4. The number of anilines is 2. The normalized spacial score (nSPS) is 10.4. The van der Waals surface area contributed by atoms with Gasteiger partial charge in [0.1, 0.15) is 5.82 Å². The molecule has 0 aliphatic heterocycles. The molecule has 0 unspecified atom stereocenters. The molecule has 0 aliphatic rings. The fraction of sp³-hybridized carbons (Fsp3) is 0.150. The van der Waals surface area contributed by atoms with Gasteiger partial charge in [-0.3, -0.25) is 4.79 Å². The van der Waals surface area contributed by atoms with Gasteiger partial charge in [-0.2, -0.15) is 0 Å². The van der Waals surface area contributed by atoms with E-state index in [1.165, 1.54) is 30.1 Å². The van der Waals surface area contributed by atoms with Crippen LogP contribution in [0.3, 0.4) is 0 Å². The fourth-order valence-electron chi connectivity index (χ4n) is 2.47. The van der Waals surface area contributed by atoms with Crippen LogP contribution in [0.2, 0.25) is 0 Å². The number of aryl methyl sites for hydroxylation is 2. The Labute approximate surface area is 151 Å². The quantitative estimate of drug-likeness (QED) is 0.732. The van der Waals surface area contributed by atoms with Crippen molar-refractivity contribution in [3.63, 3.8) is 0 Å². The van der Waals surface area contributed by atoms with Gasteiger partial charge in [0.25, 0.3) is 5.91 Å². The maximum atomic E-state index is 12.9. The summed E-state index contributed by atoms with van der Waals surface area (Å²) in [5, 5.41) is 5.90. The minimum atomic E-state index is -0.305. The molecule has 26 heavy (non-hydrogen) atoms. The van der Waals surface area contributed by atoms with Gasteiger partial charge in [0.2, 0.25) is 5.95 Å². The summed E-state index contributed by atoms with van der Waals surface area (Å²) in [4.78, 5) is 20.5. The minimum Gasteiger partial charge on any atom is -0.348 e. The molecule has 1 amide bonds. The number of aromatic nitrogens is 2. The summed E-state index contributed by atoms with van der Waals surface area (Å²) in [6.07, 6.45) is 2.94. The highest BCUT2D eigenvalue weighted by Crippen LogP contribution is 2.19. The average molecular weight is 350 g/mol. The van der Waals surface area contributed by atoms with E-state index in [1.54, 1.807) is 12.1 Å². The topological polar surface area (TPSA) is 66.9 Å². The first-order chi connectivity index (χ1) is 12.5. The van der Waals surface area contributed by atoms with Gasteiger partial charge in [-0.05, 0) is 43.2 Å². The van der Waals surface area contributed by atoms with Crippen molar-refractivity contribution in [1.82, 2.24) is 15.3 Å². The largest absolute Gasteiger partial charge is 0.348 e. The van der Waals surface area contributed by atoms with Crippen molar-refractivity contribution in [2.24, 2.45) is 0 Å². The lowest BCUT2D eigenvalue weighted by Gasteiger charge is -2.09. The molecule has 0 aliphatic carbocycles. The van der Waals surface area contributed by atoms with E-state index in [0.717, 1.165) is 16.8 Å². The van der Waals surface area contributed by atoms with Gasteiger partial charge in [0.05, 0.1) is 5.56 Å². The first-order valence-electron chi connectivity index (χ1n) is 8.20. The number of amides is 1. The summed E-state index contributed by atoms with van der Waals surface area (Å²) in [5.74, 6) is -0.167. The summed E-state index contributed by atoms with van der Waals surface area (Å²) in [5.41, 5.74) is 4.37. The Morgan fingerprint density at radius 2 is 1.73 bits per heavy atom. The highest BCUT2D eigenvalue weighted by molar-refractivity contribution is 5.93. The van der Waals surface area contributed by atoms with Crippen molar-refractivity contribution in [2.45, 2.75) is 20.4 Å². The number of nitrogens with one attached hydrogen (secondary N) is 2. The molecule has 1 aromatic heterocycles. The van der Waals surface area contributed by atoms with Gasteiger partial charge in [-0.25, -0.2) is 14.4 Å². The van der Waals surface area contributed by atoms with Crippen LogP contribution >= 0.6 is 0 Å². The van der Waals surface area contributed by atoms with E-state index < -0.39 is 0 Å². The first kappa shape index (κ1) is 17.5. The van der Waals surface area contributed by atoms with Crippen LogP contribution in [-0.4, -0.2) is 15.9 Å². The Balaban J connectivity index is 1.61. The second-order valence-corrected chi connectivity index (χ2v) is 6.05. The monoisotopic (exact) mass is 350 g/mol. The smallest absolute Gasteiger partial charge is 0.254 e. The molecule has 0 spiro atoms. The number of nitrogens with zero attached hydrogens (tertiary/aromatic N) is 2. The number of carbonyl (C=O) groups is 1. The van der Waals surface area contributed by atoms with Gasteiger partial charge >= 0.3 is 0 Å². The van der Waals surface area contributed by atoms with Gasteiger partial charge in [-0.1, -0.05) is 29.8 Å². The van der Waals surface area contributed by atoms with Gasteiger partial charge in [0, 0.05) is 24.6 Å². The predicted octanol–water partition coefficient (Wildman–Crippen LogP) is 3.91. The zero-order valence-electron chi connectivity index (χ0n) is 14.6. The molecule has 6 heteroatoms. The van der Waals surface area contributed by atoms with Crippen LogP contribution < -0.4 is 10.6 Å². The zero-order chi connectivity index (χ0) is 18.5. The molecule has 0 fully saturated rings. The molecule has 132 valence electrons. The molecular weight excluding hydrogens is 331 g/mol. The van der Waals surface area contributed by atoms with E-state index in [4.69, 9.17) is 0 Å². The summed E-state index contributed by atoms with van der Waals surface area (Å²) in [6.45, 7) is 4.35. The molecule has 3 aromatic rings. The van der Waals surface area contributed by atoms with Crippen LogP contribution in [0.5, 0.6) is 0 Å². The Bertz CT molecular complexity index is 908. The van der Waals surface area contributed by atoms with E-state index in [1.807, 2.05) is 26.0 Å². The number of carbonyl (C=O) groups excluding carboxylic acids is 1. The second kappa shape index (κ2) is 7.74. The highest BCUT2D eigenvalue weighted by atomic mass is 19.1. The lowest BCUT2D eigenvalue weighted by atomic mass is 10.1. The van der Waals surface area contributed by atoms with Crippen LogP contribution in [-0.2, 0) is 6.54 Å². The summed E-state index contributed by atoms with van der Waals surface area (Å²) < 4.78 is 12.9. The Kier molecular flexibility index (Phi) is 5.22. The van der Waals surface area contributed by atoms with E-state index in [9.17, 15) is 9.18 Å². The number of rotatable bonds is 5. The lowest BCUT2D eigenvalue weighted by Crippen LogP contribution is -2.23. The first-order valence-corrected chi connectivity index (χ1v) is 8.20. The minimum absolute atomic E-state index is 0.285. The maximum absolute atomic E-state index is 12.9. The number of hydrogen-bond donors (Lipinski definition) is 2. The summed E-state index contributed by atoms with van der Waals surface area (Å²) in [7, 11) is 0. The van der Waals surface area contributed by atoms with Crippen molar-refractivity contribution in [3.8, 4) is 0 Å². The van der Waals surface area contributed by atoms with E-state index in [-0.39, 0.29) is 11.7 Å². The van der Waals surface area contributed by atoms with Gasteiger partial charge in [-0.15, -0.1) is 0 Å². The van der Waals surface area contributed by atoms with Crippen LogP contribution in [0.25, 0.3) is 0 Å². The van der Waals surface area contributed by atoms with Gasteiger partial charge < -0.3 is 10.6 Å². The third-order valence-electron chi connectivity index (χ3n) is 3.91. The second-order valence-electron chi connectivity index (χ2n) is 6.05. The molecular formula is C20H19FN4O. The summed E-state index contributed by atoms with van der Waals surface area (Å²) in [6, 6.07) is 12.0. The van der Waals surface area contributed by atoms with Crippen molar-refractivity contribution in [2.75, 3.05) is 5.32 Å². The average Bonchev–Trinajstić information content (AvgIpc) is 2.64. The van der Waals surface area contributed by atoms with E-state index >= 15 is 0 Å². The molecule has 0 bridgehead atoms.